The van der Waals surface area contributed by atoms with E-state index >= 15 is 0 Å². The van der Waals surface area contributed by atoms with Crippen molar-refractivity contribution in [3.8, 4) is 5.75 Å². The fourth-order valence-corrected chi connectivity index (χ4v) is 2.73. The van der Waals surface area contributed by atoms with Crippen molar-refractivity contribution < 1.29 is 9.53 Å². The van der Waals surface area contributed by atoms with E-state index in [9.17, 15) is 4.79 Å². The Labute approximate surface area is 146 Å². The van der Waals surface area contributed by atoms with E-state index < -0.39 is 6.04 Å². The Morgan fingerprint density at radius 2 is 2.04 bits per heavy atom. The molecule has 1 atom stereocenters. The van der Waals surface area contributed by atoms with Crippen LogP contribution in [-0.2, 0) is 11.2 Å². The lowest BCUT2D eigenvalue weighted by atomic mass is 10.1. The Hall–Kier alpha value is -2.12. The van der Waals surface area contributed by atoms with E-state index in [1.807, 2.05) is 29.6 Å². The molecule has 0 bridgehead atoms. The molecule has 0 aliphatic heterocycles. The molecule has 0 unspecified atom stereocenters. The van der Waals surface area contributed by atoms with E-state index in [2.05, 4.69) is 10.3 Å². The van der Waals surface area contributed by atoms with Crippen molar-refractivity contribution >= 4 is 22.9 Å². The van der Waals surface area contributed by atoms with E-state index in [1.165, 1.54) is 11.3 Å². The smallest absolute Gasteiger partial charge is 0.237 e. The molecule has 1 aromatic carbocycles. The molecule has 2 aromatic rings. The summed E-state index contributed by atoms with van der Waals surface area (Å²) in [7, 11) is 0. The summed E-state index contributed by atoms with van der Waals surface area (Å²) in [6, 6.07) is 6.82. The topological polar surface area (TPSA) is 103 Å². The van der Waals surface area contributed by atoms with E-state index in [0.717, 1.165) is 36.4 Å². The second-order valence-electron chi connectivity index (χ2n) is 5.56. The largest absolute Gasteiger partial charge is 0.494 e. The standard InChI is InChI=1S/C17H24N4O2S/c18-13-4-6-15(7-5-13)23-9-3-1-2-8-20-17(22)16(19)10-14-11-24-12-21-14/h4-7,11-12,16H,1-3,8-10,18-19H2,(H,20,22)/t16-/m0/s1. The molecule has 2 rings (SSSR count). The number of carbonyl (C=O) groups excluding carboxylic acids is 1. The molecule has 6 nitrogen and oxygen atoms in total. The van der Waals surface area contributed by atoms with E-state index in [1.54, 1.807) is 5.51 Å². The van der Waals surface area contributed by atoms with Crippen LogP contribution in [0.3, 0.4) is 0 Å². The first-order chi connectivity index (χ1) is 11.6. The van der Waals surface area contributed by atoms with Crippen LogP contribution >= 0.6 is 11.3 Å². The predicted octanol–water partition coefficient (Wildman–Crippen LogP) is 1.96. The molecule has 0 saturated heterocycles. The van der Waals surface area contributed by atoms with Crippen LogP contribution in [0.25, 0.3) is 0 Å². The number of ether oxygens (including phenoxy) is 1. The quantitative estimate of drug-likeness (QED) is 0.450. The Morgan fingerprint density at radius 1 is 1.25 bits per heavy atom. The number of unbranched alkanes of at least 4 members (excludes halogenated alkanes) is 2. The summed E-state index contributed by atoms with van der Waals surface area (Å²) in [5.74, 6) is 0.701. The first kappa shape index (κ1) is 18.2. The van der Waals surface area contributed by atoms with Gasteiger partial charge in [0, 0.05) is 24.0 Å². The maximum atomic E-state index is 11.9. The molecule has 0 saturated carbocycles. The minimum atomic E-state index is -0.541. The molecule has 0 fully saturated rings. The molecule has 0 radical (unpaired) electrons. The monoisotopic (exact) mass is 348 g/mol. The van der Waals surface area contributed by atoms with Crippen molar-refractivity contribution in [2.24, 2.45) is 5.73 Å². The third kappa shape index (κ3) is 6.55. The SMILES string of the molecule is Nc1ccc(OCCCCCNC(=O)[C@@H](N)Cc2cscn2)cc1. The predicted molar refractivity (Wildman–Crippen MR) is 97.0 cm³/mol. The number of hydrogen-bond acceptors (Lipinski definition) is 6. The normalized spacial score (nSPS) is 11.9. The number of nitrogens with zero attached hydrogens (tertiary/aromatic N) is 1. The molecule has 24 heavy (non-hydrogen) atoms. The molecular weight excluding hydrogens is 324 g/mol. The number of carbonyl (C=O) groups is 1. The van der Waals surface area contributed by atoms with Gasteiger partial charge in [0.2, 0.25) is 5.91 Å². The minimum absolute atomic E-state index is 0.124. The van der Waals surface area contributed by atoms with Gasteiger partial charge in [0.15, 0.2) is 0 Å². The molecular formula is C17H24N4O2S. The number of nitrogen functional groups attached to an aromatic ring is 1. The van der Waals surface area contributed by atoms with Gasteiger partial charge in [-0.2, -0.15) is 0 Å². The Morgan fingerprint density at radius 3 is 2.75 bits per heavy atom. The zero-order valence-electron chi connectivity index (χ0n) is 13.6. The fraction of sp³-hybridized carbons (Fsp3) is 0.412. The summed E-state index contributed by atoms with van der Waals surface area (Å²) in [5, 5.41) is 4.78. The molecule has 130 valence electrons. The summed E-state index contributed by atoms with van der Waals surface area (Å²) in [5.41, 5.74) is 14.8. The van der Waals surface area contributed by atoms with Crippen LogP contribution in [0.1, 0.15) is 25.0 Å². The number of thiazole rings is 1. The van der Waals surface area contributed by atoms with E-state index in [4.69, 9.17) is 16.2 Å². The molecule has 0 spiro atoms. The van der Waals surface area contributed by atoms with Crippen LogP contribution < -0.4 is 21.5 Å². The molecule has 5 N–H and O–H groups in total. The number of nitrogens with two attached hydrogens (primary N) is 2. The van der Waals surface area contributed by atoms with Crippen LogP contribution in [-0.4, -0.2) is 30.1 Å². The second-order valence-corrected chi connectivity index (χ2v) is 6.28. The average Bonchev–Trinajstić information content (AvgIpc) is 3.08. The highest BCUT2D eigenvalue weighted by Gasteiger charge is 2.14. The van der Waals surface area contributed by atoms with Crippen molar-refractivity contribution in [3.63, 3.8) is 0 Å². The third-order valence-corrected chi connectivity index (χ3v) is 4.15. The van der Waals surface area contributed by atoms with Crippen LogP contribution in [0, 0.1) is 0 Å². The molecule has 1 heterocycles. The van der Waals surface area contributed by atoms with Gasteiger partial charge in [-0.25, -0.2) is 4.98 Å². The van der Waals surface area contributed by atoms with Gasteiger partial charge in [-0.3, -0.25) is 4.79 Å². The van der Waals surface area contributed by atoms with Gasteiger partial charge in [0.1, 0.15) is 5.75 Å². The van der Waals surface area contributed by atoms with Gasteiger partial charge in [-0.1, -0.05) is 0 Å². The average molecular weight is 348 g/mol. The van der Waals surface area contributed by atoms with Gasteiger partial charge in [-0.05, 0) is 43.5 Å². The third-order valence-electron chi connectivity index (χ3n) is 3.52. The zero-order valence-corrected chi connectivity index (χ0v) is 14.4. The van der Waals surface area contributed by atoms with Gasteiger partial charge in [0.05, 0.1) is 23.9 Å². The van der Waals surface area contributed by atoms with Crippen molar-refractivity contribution in [1.82, 2.24) is 10.3 Å². The number of benzene rings is 1. The minimum Gasteiger partial charge on any atom is -0.494 e. The molecule has 0 aliphatic rings. The summed E-state index contributed by atoms with van der Waals surface area (Å²) in [6.45, 7) is 1.28. The van der Waals surface area contributed by atoms with Gasteiger partial charge >= 0.3 is 0 Å². The Kier molecular flexibility index (Phi) is 7.51. The van der Waals surface area contributed by atoms with E-state index in [-0.39, 0.29) is 5.91 Å². The number of amides is 1. The van der Waals surface area contributed by atoms with Crippen LogP contribution in [0.15, 0.2) is 35.2 Å². The zero-order chi connectivity index (χ0) is 17.2. The van der Waals surface area contributed by atoms with Gasteiger partial charge < -0.3 is 21.5 Å². The van der Waals surface area contributed by atoms with Crippen LogP contribution in [0.4, 0.5) is 5.69 Å². The number of aromatic nitrogens is 1. The van der Waals surface area contributed by atoms with Crippen molar-refractivity contribution in [2.45, 2.75) is 31.7 Å². The molecule has 1 aromatic heterocycles. The van der Waals surface area contributed by atoms with Crippen LogP contribution in [0.5, 0.6) is 5.75 Å². The summed E-state index contributed by atoms with van der Waals surface area (Å²) >= 11 is 1.50. The van der Waals surface area contributed by atoms with Gasteiger partial charge in [0.25, 0.3) is 0 Å². The highest BCUT2D eigenvalue weighted by atomic mass is 32.1. The lowest BCUT2D eigenvalue weighted by molar-refractivity contribution is -0.122. The molecule has 0 aliphatic carbocycles. The number of rotatable bonds is 10. The maximum Gasteiger partial charge on any atom is 0.237 e. The Balaban J connectivity index is 1.50. The number of hydrogen-bond donors (Lipinski definition) is 3. The van der Waals surface area contributed by atoms with Crippen LogP contribution in [0.2, 0.25) is 0 Å². The maximum absolute atomic E-state index is 11.9. The number of anilines is 1. The molecule has 1 amide bonds. The summed E-state index contributed by atoms with van der Waals surface area (Å²) in [4.78, 5) is 16.0. The lowest BCUT2D eigenvalue weighted by Crippen LogP contribution is -2.42. The van der Waals surface area contributed by atoms with Gasteiger partial charge in [-0.15, -0.1) is 11.3 Å². The fourth-order valence-electron chi connectivity index (χ4n) is 2.16. The highest BCUT2D eigenvalue weighted by molar-refractivity contribution is 7.07. The van der Waals surface area contributed by atoms with Crippen molar-refractivity contribution in [1.29, 1.82) is 0 Å². The van der Waals surface area contributed by atoms with Crippen molar-refractivity contribution in [2.75, 3.05) is 18.9 Å². The Bertz CT molecular complexity index is 602. The first-order valence-electron chi connectivity index (χ1n) is 8.04. The summed E-state index contributed by atoms with van der Waals surface area (Å²) < 4.78 is 5.62. The second kappa shape index (κ2) is 9.89. The first-order valence-corrected chi connectivity index (χ1v) is 8.98. The van der Waals surface area contributed by atoms with Crippen molar-refractivity contribution in [3.05, 3.63) is 40.8 Å². The van der Waals surface area contributed by atoms with E-state index in [0.29, 0.717) is 19.6 Å². The summed E-state index contributed by atoms with van der Waals surface area (Å²) in [6.07, 6.45) is 3.30. The highest BCUT2D eigenvalue weighted by Crippen LogP contribution is 2.13. The lowest BCUT2D eigenvalue weighted by Gasteiger charge is -2.11. The molecule has 7 heteroatoms. The number of nitrogens with one attached hydrogen (secondary N) is 1.